The molecular formula is C40H62Hf2Si. The van der Waals surface area contributed by atoms with E-state index in [0.29, 0.717) is 0 Å². The van der Waals surface area contributed by atoms with Crippen molar-refractivity contribution in [3.05, 3.63) is 81.9 Å². The van der Waals surface area contributed by atoms with Crippen LogP contribution in [0, 0.1) is 0 Å². The van der Waals surface area contributed by atoms with Gasteiger partial charge in [-0.1, -0.05) is 0 Å². The predicted octanol–water partition coefficient (Wildman–Crippen LogP) is 13.7. The molecule has 3 heteroatoms. The van der Waals surface area contributed by atoms with Crippen molar-refractivity contribution in [3.8, 4) is 0 Å². The van der Waals surface area contributed by atoms with E-state index in [1.54, 1.807) is 52.8 Å². The van der Waals surface area contributed by atoms with Gasteiger partial charge in [0, 0.05) is 0 Å². The molecule has 43 heavy (non-hydrogen) atoms. The summed E-state index contributed by atoms with van der Waals surface area (Å²) >= 11 is -6.21. The third kappa shape index (κ3) is 6.05. The Bertz CT molecular complexity index is 1170. The molecule has 0 spiro atoms. The van der Waals surface area contributed by atoms with Crippen molar-refractivity contribution < 1.29 is 38.3 Å². The van der Waals surface area contributed by atoms with Crippen LogP contribution in [-0.2, 0) is 38.3 Å². The zero-order chi connectivity index (χ0) is 30.5. The average molecular weight is 928 g/mol. The van der Waals surface area contributed by atoms with E-state index in [2.05, 4.69) is 102 Å². The molecule has 2 atom stereocenters. The number of unbranched alkanes of at least 4 members (excludes halogenated alkanes) is 4. The average Bonchev–Trinajstić information content (AvgIpc) is 3.74. The van der Waals surface area contributed by atoms with Crippen LogP contribution in [0.3, 0.4) is 0 Å². The van der Waals surface area contributed by atoms with E-state index in [1.807, 2.05) is 22.3 Å². The van der Waals surface area contributed by atoms with Gasteiger partial charge in [-0.05, 0) is 0 Å². The van der Waals surface area contributed by atoms with Crippen LogP contribution in [0.4, 0.5) is 0 Å². The Morgan fingerprint density at radius 3 is 1.26 bits per heavy atom. The normalized spacial score (nSPS) is 21.1. The van der Waals surface area contributed by atoms with Gasteiger partial charge in [-0.3, -0.25) is 0 Å². The van der Waals surface area contributed by atoms with Crippen molar-refractivity contribution in [1.29, 1.82) is 0 Å². The molecule has 0 radical (unpaired) electrons. The summed E-state index contributed by atoms with van der Waals surface area (Å²) in [6.45, 7) is 15.3. The molecular weight excluding hydrogens is 866 g/mol. The van der Waals surface area contributed by atoms with E-state index in [-0.39, 0.29) is 0 Å². The topological polar surface area (TPSA) is 0 Å². The standard InChI is InChI=1S/2C10H9.C4H8Si.4C4H9.2Hf/c2*1-8-6-9-4-2-3-5-10(9)7-8;1-2-4-5-3-1;4*1-3-4-2;;/h2*2-7H,1H3;1-4H2;4*1,3-4H2,2H3;;. The van der Waals surface area contributed by atoms with E-state index in [0.717, 1.165) is 7.35 Å². The van der Waals surface area contributed by atoms with Crippen LogP contribution in [-0.4, -0.2) is 2.45 Å². The number of hydrogen-bond donors (Lipinski definition) is 0. The summed E-state index contributed by atoms with van der Waals surface area (Å²) in [5, 5.41) is 0. The van der Waals surface area contributed by atoms with Gasteiger partial charge in [0.05, 0.1) is 0 Å². The van der Waals surface area contributed by atoms with Gasteiger partial charge in [-0.2, -0.15) is 0 Å². The van der Waals surface area contributed by atoms with Gasteiger partial charge in [0.15, 0.2) is 0 Å². The molecule has 234 valence electrons. The van der Waals surface area contributed by atoms with Crippen molar-refractivity contribution in [2.45, 2.75) is 142 Å². The minimum absolute atomic E-state index is 0.884. The Balaban J connectivity index is 1.85. The zero-order valence-corrected chi connectivity index (χ0v) is 36.9. The Morgan fingerprint density at radius 2 is 0.907 bits per heavy atom. The van der Waals surface area contributed by atoms with Crippen molar-refractivity contribution in [3.63, 3.8) is 0 Å². The van der Waals surface area contributed by atoms with Crippen molar-refractivity contribution >= 4 is 14.6 Å². The Morgan fingerprint density at radius 1 is 0.558 bits per heavy atom. The van der Waals surface area contributed by atoms with Gasteiger partial charge >= 0.3 is 277 Å². The SMILES string of the molecule is CCC[CH2][Hf]([CH2]CCC)([CH]1C(C)=Cc2ccccc21)[Si]1([Hf]([CH2]CCC)([CH2]CCC)[CH]2C(C)=Cc3ccccc32)CCCC1. The molecule has 1 aliphatic heterocycles. The fourth-order valence-electron chi connectivity index (χ4n) is 11.2. The number of rotatable bonds is 16. The molecule has 0 nitrogen and oxygen atoms in total. The molecule has 2 aromatic carbocycles. The van der Waals surface area contributed by atoms with Crippen molar-refractivity contribution in [2.75, 3.05) is 0 Å². The molecule has 1 saturated heterocycles. The number of fused-ring (bicyclic) bond motifs is 2. The first-order chi connectivity index (χ1) is 20.9. The molecule has 0 aromatic heterocycles. The molecule has 2 aromatic rings. The van der Waals surface area contributed by atoms with E-state index in [9.17, 15) is 0 Å². The molecule has 2 aliphatic carbocycles. The fourth-order valence-corrected chi connectivity index (χ4v) is 294. The molecule has 0 amide bonds. The molecule has 0 bridgehead atoms. The Hall–Kier alpha value is -0.123. The minimum atomic E-state index is -3.11. The van der Waals surface area contributed by atoms with E-state index in [4.69, 9.17) is 0 Å². The van der Waals surface area contributed by atoms with Crippen LogP contribution in [0.25, 0.3) is 12.2 Å². The number of hydrogen-bond acceptors (Lipinski definition) is 0. The summed E-state index contributed by atoms with van der Waals surface area (Å²) in [6, 6.07) is 23.2. The van der Waals surface area contributed by atoms with Crippen molar-refractivity contribution in [2.24, 2.45) is 0 Å². The van der Waals surface area contributed by atoms with Gasteiger partial charge in [0.1, 0.15) is 0 Å². The van der Waals surface area contributed by atoms with Gasteiger partial charge in [0.2, 0.25) is 0 Å². The van der Waals surface area contributed by atoms with Gasteiger partial charge < -0.3 is 0 Å². The molecule has 0 N–H and O–H groups in total. The molecule has 3 aliphatic rings. The van der Waals surface area contributed by atoms with Gasteiger partial charge in [-0.15, -0.1) is 0 Å². The molecule has 1 heterocycles. The Kier molecular flexibility index (Phi) is 12.1. The van der Waals surface area contributed by atoms with Crippen LogP contribution < -0.4 is 0 Å². The zero-order valence-electron chi connectivity index (χ0n) is 28.7. The van der Waals surface area contributed by atoms with E-state index >= 15 is 0 Å². The van der Waals surface area contributed by atoms with Crippen LogP contribution >= 0.6 is 0 Å². The maximum absolute atomic E-state index is 3.11. The summed E-state index contributed by atoms with van der Waals surface area (Å²) in [5.41, 5.74) is 10.5. The predicted molar refractivity (Wildman–Crippen MR) is 189 cm³/mol. The summed E-state index contributed by atoms with van der Waals surface area (Å²) in [4.78, 5) is 0. The second-order valence-electron chi connectivity index (χ2n) is 14.9. The number of allylic oxidation sites excluding steroid dienone is 2. The molecule has 5 rings (SSSR count). The van der Waals surface area contributed by atoms with Gasteiger partial charge in [-0.25, -0.2) is 0 Å². The monoisotopic (exact) mass is 930 g/mol. The second-order valence-corrected chi connectivity index (χ2v) is 102. The van der Waals surface area contributed by atoms with Crippen LogP contribution in [0.1, 0.15) is 135 Å². The molecule has 2 unspecified atom stereocenters. The van der Waals surface area contributed by atoms with Gasteiger partial charge in [0.25, 0.3) is 0 Å². The molecule has 0 saturated carbocycles. The summed E-state index contributed by atoms with van der Waals surface area (Å²) in [5.74, 6) is 0. The first-order valence-corrected chi connectivity index (χ1v) is 46.0. The quantitative estimate of drug-likeness (QED) is 0.147. The third-order valence-corrected chi connectivity index (χ3v) is 203. The summed E-state index contributed by atoms with van der Waals surface area (Å²) in [7, 11) is 0. The summed E-state index contributed by atoms with van der Waals surface area (Å²) < 4.78 is 7.12. The van der Waals surface area contributed by atoms with E-state index < -0.39 is 40.7 Å². The third-order valence-electron chi connectivity index (χ3n) is 12.7. The van der Waals surface area contributed by atoms with Crippen LogP contribution in [0.2, 0.25) is 28.8 Å². The Labute approximate surface area is 274 Å². The van der Waals surface area contributed by atoms with Crippen LogP contribution in [0.15, 0.2) is 59.7 Å². The molecule has 1 fully saturated rings. The first-order valence-electron chi connectivity index (χ1n) is 18.5. The maximum atomic E-state index is 2.69. The van der Waals surface area contributed by atoms with Crippen LogP contribution in [0.5, 0.6) is 0 Å². The summed E-state index contributed by atoms with van der Waals surface area (Å²) in [6.07, 6.45) is 20.2. The second kappa shape index (κ2) is 15.2. The first kappa shape index (κ1) is 34.2. The number of benzene rings is 2. The fraction of sp³-hybridized carbons (Fsp3) is 0.600. The van der Waals surface area contributed by atoms with E-state index in [1.165, 1.54) is 51.4 Å². The van der Waals surface area contributed by atoms with Crippen molar-refractivity contribution in [1.82, 2.24) is 0 Å².